The molecule has 3 amide bonds. The number of carbonyl (C=O) groups excluding carboxylic acids is 4. The Bertz CT molecular complexity index is 676. The third kappa shape index (κ3) is 6.71. The number of amides is 3. The van der Waals surface area contributed by atoms with E-state index in [0.717, 1.165) is 10.6 Å². The van der Waals surface area contributed by atoms with Gasteiger partial charge in [-0.3, -0.25) is 19.2 Å². The van der Waals surface area contributed by atoms with Gasteiger partial charge in [0.1, 0.15) is 6.04 Å². The molecule has 1 aliphatic rings. The summed E-state index contributed by atoms with van der Waals surface area (Å²) in [6, 6.07) is -1.87. The van der Waals surface area contributed by atoms with Crippen LogP contribution in [0.2, 0.25) is 0 Å². The third-order valence-electron chi connectivity index (χ3n) is 3.96. The van der Waals surface area contributed by atoms with Crippen LogP contribution in [0.15, 0.2) is 0 Å². The topological polar surface area (TPSA) is 156 Å². The fraction of sp³-hybridized carbons (Fsp3) is 0.733. The van der Waals surface area contributed by atoms with Gasteiger partial charge in [0.25, 0.3) is 0 Å². The van der Waals surface area contributed by atoms with Crippen LogP contribution in [0.1, 0.15) is 33.1 Å². The maximum absolute atomic E-state index is 12.5. The highest BCUT2D eigenvalue weighted by molar-refractivity contribution is 7.88. The smallest absolute Gasteiger partial charge is 0.309 e. The van der Waals surface area contributed by atoms with Gasteiger partial charge in [0.15, 0.2) is 5.78 Å². The normalized spacial score (nSPS) is 20.3. The molecule has 4 N–H and O–H groups in total. The standard InChI is InChI=1S/C15H26N4O6S/c1-9(2)7-11(18-15(23)13(16)21)14(22)17-10-5-4-6-19(8-12(10)20)26(3,24)25/h9-11H,4-8H2,1-3H3,(H2,16,21)(H,17,22)(H,18,23)/t10?,11-/m0/s1. The molecule has 1 heterocycles. The largest absolute Gasteiger partial charge is 0.361 e. The van der Waals surface area contributed by atoms with Gasteiger partial charge in [0.05, 0.1) is 18.8 Å². The molecular formula is C15H26N4O6S. The molecule has 1 rings (SSSR count). The summed E-state index contributed by atoms with van der Waals surface area (Å²) < 4.78 is 24.3. The summed E-state index contributed by atoms with van der Waals surface area (Å²) in [5.74, 6) is -3.29. The number of sulfonamides is 1. The predicted octanol–water partition coefficient (Wildman–Crippen LogP) is -1.89. The maximum Gasteiger partial charge on any atom is 0.309 e. The van der Waals surface area contributed by atoms with Gasteiger partial charge in [-0.2, -0.15) is 4.31 Å². The van der Waals surface area contributed by atoms with E-state index in [1.807, 2.05) is 13.8 Å². The van der Waals surface area contributed by atoms with E-state index >= 15 is 0 Å². The molecule has 0 radical (unpaired) electrons. The molecule has 1 aliphatic heterocycles. The van der Waals surface area contributed by atoms with E-state index in [0.29, 0.717) is 6.42 Å². The van der Waals surface area contributed by atoms with Gasteiger partial charge in [-0.05, 0) is 25.2 Å². The molecule has 10 nitrogen and oxygen atoms in total. The number of nitrogens with two attached hydrogens (primary N) is 1. The van der Waals surface area contributed by atoms with E-state index in [1.54, 1.807) is 0 Å². The zero-order valence-electron chi connectivity index (χ0n) is 15.1. The number of carbonyl (C=O) groups is 4. The van der Waals surface area contributed by atoms with Crippen molar-refractivity contribution in [3.63, 3.8) is 0 Å². The van der Waals surface area contributed by atoms with Crippen molar-refractivity contribution in [3.8, 4) is 0 Å². The molecule has 0 saturated carbocycles. The summed E-state index contributed by atoms with van der Waals surface area (Å²) in [6.07, 6.45) is 1.97. The van der Waals surface area contributed by atoms with Crippen LogP contribution in [0.3, 0.4) is 0 Å². The Morgan fingerprint density at radius 1 is 1.31 bits per heavy atom. The summed E-state index contributed by atoms with van der Waals surface area (Å²) in [6.45, 7) is 3.55. The number of nitrogens with zero attached hydrogens (tertiary/aromatic N) is 1. The lowest BCUT2D eigenvalue weighted by atomic mass is 10.0. The summed E-state index contributed by atoms with van der Waals surface area (Å²) in [5.41, 5.74) is 4.90. The Labute approximate surface area is 152 Å². The Hall–Kier alpha value is -2.01. The van der Waals surface area contributed by atoms with Crippen LogP contribution >= 0.6 is 0 Å². The lowest BCUT2D eigenvalue weighted by Gasteiger charge is -2.23. The molecule has 0 bridgehead atoms. The SMILES string of the molecule is CC(C)C[C@H](NC(=O)C(N)=O)C(=O)NC1CCCN(S(C)(=O)=O)CC1=O. The Balaban J connectivity index is 2.82. The molecule has 148 valence electrons. The van der Waals surface area contributed by atoms with Crippen LogP contribution in [0.25, 0.3) is 0 Å². The summed E-state index contributed by atoms with van der Waals surface area (Å²) in [7, 11) is -3.50. The highest BCUT2D eigenvalue weighted by atomic mass is 32.2. The molecule has 2 atom stereocenters. The number of hydrogen-bond donors (Lipinski definition) is 3. The third-order valence-corrected chi connectivity index (χ3v) is 5.21. The molecule has 1 unspecified atom stereocenters. The minimum Gasteiger partial charge on any atom is -0.361 e. The van der Waals surface area contributed by atoms with Gasteiger partial charge < -0.3 is 16.4 Å². The first-order valence-electron chi connectivity index (χ1n) is 8.30. The van der Waals surface area contributed by atoms with E-state index < -0.39 is 45.6 Å². The molecule has 0 spiro atoms. The van der Waals surface area contributed by atoms with E-state index in [2.05, 4.69) is 10.6 Å². The van der Waals surface area contributed by atoms with Crippen LogP contribution < -0.4 is 16.4 Å². The average molecular weight is 390 g/mol. The van der Waals surface area contributed by atoms with Gasteiger partial charge in [-0.1, -0.05) is 13.8 Å². The number of primary amides is 1. The lowest BCUT2D eigenvalue weighted by molar-refractivity contribution is -0.139. The van der Waals surface area contributed by atoms with Crippen molar-refractivity contribution in [1.82, 2.24) is 14.9 Å². The molecule has 11 heteroatoms. The highest BCUT2D eigenvalue weighted by Crippen LogP contribution is 2.12. The first-order chi connectivity index (χ1) is 11.9. The molecule has 0 aromatic heterocycles. The van der Waals surface area contributed by atoms with Gasteiger partial charge in [-0.25, -0.2) is 8.42 Å². The van der Waals surface area contributed by atoms with Crippen LogP contribution in [-0.4, -0.2) is 67.7 Å². The van der Waals surface area contributed by atoms with Gasteiger partial charge in [0, 0.05) is 6.54 Å². The molecule has 0 aromatic carbocycles. The van der Waals surface area contributed by atoms with Gasteiger partial charge in [0.2, 0.25) is 15.9 Å². The van der Waals surface area contributed by atoms with Crippen molar-refractivity contribution in [1.29, 1.82) is 0 Å². The zero-order valence-corrected chi connectivity index (χ0v) is 16.0. The first-order valence-corrected chi connectivity index (χ1v) is 10.1. The van der Waals surface area contributed by atoms with Crippen LogP contribution in [0.4, 0.5) is 0 Å². The fourth-order valence-electron chi connectivity index (χ4n) is 2.64. The van der Waals surface area contributed by atoms with E-state index in [9.17, 15) is 27.6 Å². The summed E-state index contributed by atoms with van der Waals surface area (Å²) in [5, 5.41) is 4.81. The average Bonchev–Trinajstić information content (AvgIpc) is 2.68. The van der Waals surface area contributed by atoms with Crippen molar-refractivity contribution in [2.45, 2.75) is 45.2 Å². The van der Waals surface area contributed by atoms with Crippen LogP contribution in [0, 0.1) is 5.92 Å². The highest BCUT2D eigenvalue weighted by Gasteiger charge is 2.32. The van der Waals surface area contributed by atoms with E-state index in [1.165, 1.54) is 0 Å². The van der Waals surface area contributed by atoms with Gasteiger partial charge >= 0.3 is 11.8 Å². The molecule has 1 fully saturated rings. The number of nitrogens with one attached hydrogen (secondary N) is 2. The summed E-state index contributed by atoms with van der Waals surface area (Å²) in [4.78, 5) is 47.2. The Morgan fingerprint density at radius 2 is 1.92 bits per heavy atom. The fourth-order valence-corrected chi connectivity index (χ4v) is 3.46. The Morgan fingerprint density at radius 3 is 2.42 bits per heavy atom. The van der Waals surface area contributed by atoms with Crippen LogP contribution in [-0.2, 0) is 29.2 Å². The van der Waals surface area contributed by atoms with Crippen molar-refractivity contribution in [3.05, 3.63) is 0 Å². The van der Waals surface area contributed by atoms with E-state index in [4.69, 9.17) is 5.73 Å². The quantitative estimate of drug-likeness (QED) is 0.450. The first kappa shape index (κ1) is 22.0. The molecular weight excluding hydrogens is 364 g/mol. The minimum atomic E-state index is -3.50. The van der Waals surface area contributed by atoms with Crippen molar-refractivity contribution < 1.29 is 27.6 Å². The van der Waals surface area contributed by atoms with Crippen LogP contribution in [0.5, 0.6) is 0 Å². The van der Waals surface area contributed by atoms with Crippen molar-refractivity contribution >= 4 is 33.5 Å². The second-order valence-corrected chi connectivity index (χ2v) is 8.77. The number of hydrogen-bond acceptors (Lipinski definition) is 6. The van der Waals surface area contributed by atoms with E-state index in [-0.39, 0.29) is 31.8 Å². The zero-order chi connectivity index (χ0) is 20.1. The maximum atomic E-state index is 12.5. The second kappa shape index (κ2) is 9.08. The number of rotatable bonds is 6. The lowest BCUT2D eigenvalue weighted by Crippen LogP contribution is -2.54. The molecule has 0 aliphatic carbocycles. The number of Topliss-reactive ketones (excluding diaryl/α,β-unsaturated/α-hetero) is 1. The molecule has 1 saturated heterocycles. The molecule has 26 heavy (non-hydrogen) atoms. The summed E-state index contributed by atoms with van der Waals surface area (Å²) >= 11 is 0. The Kier molecular flexibility index (Phi) is 7.69. The molecule has 0 aromatic rings. The minimum absolute atomic E-state index is 0.0319. The number of ketones is 1. The van der Waals surface area contributed by atoms with Crippen molar-refractivity contribution in [2.24, 2.45) is 11.7 Å². The second-order valence-electron chi connectivity index (χ2n) is 6.79. The predicted molar refractivity (Wildman–Crippen MR) is 93.2 cm³/mol. The van der Waals surface area contributed by atoms with Crippen molar-refractivity contribution in [2.75, 3.05) is 19.3 Å². The monoisotopic (exact) mass is 390 g/mol. The van der Waals surface area contributed by atoms with Gasteiger partial charge in [-0.15, -0.1) is 0 Å².